The Morgan fingerprint density at radius 1 is 1.05 bits per heavy atom. The molecular formula is C16H18N2O3. The van der Waals surface area contributed by atoms with Crippen LogP contribution < -0.4 is 0 Å². The number of hydrogen-bond acceptors (Lipinski definition) is 5. The monoisotopic (exact) mass is 286 g/mol. The molecule has 0 amide bonds. The molecule has 1 aliphatic carbocycles. The van der Waals surface area contributed by atoms with Gasteiger partial charge in [-0.3, -0.25) is 0 Å². The highest BCUT2D eigenvalue weighted by atomic mass is 16.5. The van der Waals surface area contributed by atoms with E-state index in [9.17, 15) is 10.2 Å². The summed E-state index contributed by atoms with van der Waals surface area (Å²) >= 11 is 0. The molecule has 0 unspecified atom stereocenters. The zero-order chi connectivity index (χ0) is 14.7. The maximum absolute atomic E-state index is 9.44. The summed E-state index contributed by atoms with van der Waals surface area (Å²) in [6.45, 7) is 0. The van der Waals surface area contributed by atoms with Gasteiger partial charge in [0.05, 0.1) is 0 Å². The van der Waals surface area contributed by atoms with Crippen LogP contribution >= 0.6 is 0 Å². The van der Waals surface area contributed by atoms with Crippen LogP contribution in [-0.4, -0.2) is 20.4 Å². The first-order valence-electron chi connectivity index (χ1n) is 7.26. The molecule has 1 heterocycles. The summed E-state index contributed by atoms with van der Waals surface area (Å²) in [4.78, 5) is 4.41. The topological polar surface area (TPSA) is 79.4 Å². The van der Waals surface area contributed by atoms with Gasteiger partial charge in [0.1, 0.15) is 0 Å². The largest absolute Gasteiger partial charge is 0.504 e. The molecule has 110 valence electrons. The zero-order valence-electron chi connectivity index (χ0n) is 11.7. The average molecular weight is 286 g/mol. The van der Waals surface area contributed by atoms with Gasteiger partial charge in [-0.15, -0.1) is 0 Å². The third kappa shape index (κ3) is 3.24. The molecule has 0 bridgehead atoms. The molecule has 1 aromatic carbocycles. The van der Waals surface area contributed by atoms with Gasteiger partial charge >= 0.3 is 0 Å². The minimum atomic E-state index is -0.148. The number of rotatable bonds is 3. The van der Waals surface area contributed by atoms with Crippen molar-refractivity contribution < 1.29 is 14.7 Å². The SMILES string of the molecule is Oc1ccc(/C=C/c2nc(C3CCCCC3)no2)cc1O. The zero-order valence-corrected chi connectivity index (χ0v) is 11.7. The third-order valence-corrected chi connectivity index (χ3v) is 3.85. The number of benzene rings is 1. The van der Waals surface area contributed by atoms with Gasteiger partial charge in [0.15, 0.2) is 17.3 Å². The van der Waals surface area contributed by atoms with Crippen LogP contribution in [0.1, 0.15) is 55.3 Å². The summed E-state index contributed by atoms with van der Waals surface area (Å²) in [5.41, 5.74) is 0.753. The fraction of sp³-hybridized carbons (Fsp3) is 0.375. The molecule has 2 N–H and O–H groups in total. The van der Waals surface area contributed by atoms with Crippen LogP contribution in [0.5, 0.6) is 11.5 Å². The fourth-order valence-corrected chi connectivity index (χ4v) is 2.65. The van der Waals surface area contributed by atoms with Crippen LogP contribution in [-0.2, 0) is 0 Å². The van der Waals surface area contributed by atoms with E-state index in [1.54, 1.807) is 18.2 Å². The molecule has 5 heteroatoms. The maximum atomic E-state index is 9.44. The van der Waals surface area contributed by atoms with Gasteiger partial charge < -0.3 is 14.7 Å². The Morgan fingerprint density at radius 2 is 1.86 bits per heavy atom. The van der Waals surface area contributed by atoms with Crippen molar-refractivity contribution in [3.63, 3.8) is 0 Å². The molecule has 0 atom stereocenters. The predicted octanol–water partition coefficient (Wildman–Crippen LogP) is 3.70. The van der Waals surface area contributed by atoms with E-state index in [0.29, 0.717) is 11.8 Å². The van der Waals surface area contributed by atoms with Crippen molar-refractivity contribution >= 4 is 12.2 Å². The number of nitrogens with zero attached hydrogens (tertiary/aromatic N) is 2. The van der Waals surface area contributed by atoms with Gasteiger partial charge in [0, 0.05) is 12.0 Å². The van der Waals surface area contributed by atoms with Crippen molar-refractivity contribution in [3.8, 4) is 11.5 Å². The Labute approximate surface area is 122 Å². The highest BCUT2D eigenvalue weighted by Crippen LogP contribution is 2.31. The molecule has 1 saturated carbocycles. The van der Waals surface area contributed by atoms with Crippen molar-refractivity contribution in [1.82, 2.24) is 10.1 Å². The van der Waals surface area contributed by atoms with Crippen LogP contribution in [0.2, 0.25) is 0 Å². The van der Waals surface area contributed by atoms with Gasteiger partial charge in [-0.1, -0.05) is 30.5 Å². The summed E-state index contributed by atoms with van der Waals surface area (Å²) in [7, 11) is 0. The number of hydrogen-bond donors (Lipinski definition) is 2. The quantitative estimate of drug-likeness (QED) is 0.841. The molecule has 0 saturated heterocycles. The minimum absolute atomic E-state index is 0.135. The van der Waals surface area contributed by atoms with Crippen molar-refractivity contribution in [1.29, 1.82) is 0 Å². The lowest BCUT2D eigenvalue weighted by molar-refractivity contribution is 0.376. The normalized spacial score (nSPS) is 16.6. The van der Waals surface area contributed by atoms with Gasteiger partial charge in [0.25, 0.3) is 5.89 Å². The molecule has 0 spiro atoms. The van der Waals surface area contributed by atoms with Crippen molar-refractivity contribution in [2.45, 2.75) is 38.0 Å². The van der Waals surface area contributed by atoms with Crippen LogP contribution in [0, 0.1) is 0 Å². The van der Waals surface area contributed by atoms with Crippen LogP contribution in [0.3, 0.4) is 0 Å². The van der Waals surface area contributed by atoms with Crippen LogP contribution in [0.15, 0.2) is 22.7 Å². The van der Waals surface area contributed by atoms with Gasteiger partial charge in [-0.25, -0.2) is 0 Å². The van der Waals surface area contributed by atoms with Crippen molar-refractivity contribution in [2.24, 2.45) is 0 Å². The summed E-state index contributed by atoms with van der Waals surface area (Å²) < 4.78 is 5.23. The molecule has 21 heavy (non-hydrogen) atoms. The lowest BCUT2D eigenvalue weighted by Crippen LogP contribution is -2.06. The first kappa shape index (κ1) is 13.7. The lowest BCUT2D eigenvalue weighted by Gasteiger charge is -2.17. The predicted molar refractivity (Wildman–Crippen MR) is 78.8 cm³/mol. The van der Waals surface area contributed by atoms with E-state index in [0.717, 1.165) is 24.2 Å². The maximum Gasteiger partial charge on any atom is 0.250 e. The Balaban J connectivity index is 1.71. The smallest absolute Gasteiger partial charge is 0.250 e. The van der Waals surface area contributed by atoms with E-state index in [-0.39, 0.29) is 11.5 Å². The first-order chi connectivity index (χ1) is 10.2. The van der Waals surface area contributed by atoms with Crippen LogP contribution in [0.25, 0.3) is 12.2 Å². The van der Waals surface area contributed by atoms with Crippen molar-refractivity contribution in [2.75, 3.05) is 0 Å². The Bertz CT molecular complexity index is 643. The molecular weight excluding hydrogens is 268 g/mol. The standard InChI is InChI=1S/C16H18N2O3/c19-13-8-6-11(10-14(13)20)7-9-15-17-16(18-21-15)12-4-2-1-3-5-12/h6-10,12,19-20H,1-5H2/b9-7+. The second kappa shape index (κ2) is 5.99. The van der Waals surface area contributed by atoms with E-state index < -0.39 is 0 Å². The summed E-state index contributed by atoms with van der Waals surface area (Å²) in [5, 5.41) is 22.8. The number of aromatic nitrogens is 2. The molecule has 3 rings (SSSR count). The highest BCUT2D eigenvalue weighted by molar-refractivity contribution is 5.67. The number of aromatic hydroxyl groups is 2. The minimum Gasteiger partial charge on any atom is -0.504 e. The number of phenols is 2. The summed E-state index contributed by atoms with van der Waals surface area (Å²) in [6.07, 6.45) is 9.51. The lowest BCUT2D eigenvalue weighted by atomic mass is 9.89. The molecule has 1 aromatic heterocycles. The van der Waals surface area contributed by atoms with Gasteiger partial charge in [-0.05, 0) is 36.6 Å². The van der Waals surface area contributed by atoms with Gasteiger partial charge in [-0.2, -0.15) is 4.98 Å². The Kier molecular flexibility index (Phi) is 3.90. The number of phenolic OH excluding ortho intramolecular Hbond substituents is 2. The summed E-state index contributed by atoms with van der Waals surface area (Å²) in [5.74, 6) is 1.39. The van der Waals surface area contributed by atoms with Crippen LogP contribution in [0.4, 0.5) is 0 Å². The van der Waals surface area contributed by atoms with E-state index in [1.807, 2.05) is 0 Å². The highest BCUT2D eigenvalue weighted by Gasteiger charge is 2.20. The molecule has 5 nitrogen and oxygen atoms in total. The second-order valence-electron chi connectivity index (χ2n) is 5.41. The Morgan fingerprint density at radius 3 is 2.62 bits per heavy atom. The molecule has 0 radical (unpaired) electrons. The van der Waals surface area contributed by atoms with E-state index in [2.05, 4.69) is 10.1 Å². The fourth-order valence-electron chi connectivity index (χ4n) is 2.65. The second-order valence-corrected chi connectivity index (χ2v) is 5.41. The van der Waals surface area contributed by atoms with E-state index in [4.69, 9.17) is 4.52 Å². The summed E-state index contributed by atoms with van der Waals surface area (Å²) in [6, 6.07) is 4.62. The van der Waals surface area contributed by atoms with Gasteiger partial charge in [0.2, 0.25) is 0 Å². The molecule has 1 aliphatic rings. The third-order valence-electron chi connectivity index (χ3n) is 3.85. The molecule has 1 fully saturated rings. The van der Waals surface area contributed by atoms with Crippen molar-refractivity contribution in [3.05, 3.63) is 35.5 Å². The Hall–Kier alpha value is -2.30. The van der Waals surface area contributed by atoms with E-state index >= 15 is 0 Å². The molecule has 2 aromatic rings. The molecule has 0 aliphatic heterocycles. The van der Waals surface area contributed by atoms with E-state index in [1.165, 1.54) is 31.4 Å². The first-order valence-corrected chi connectivity index (χ1v) is 7.26. The average Bonchev–Trinajstić information content (AvgIpc) is 2.98.